The van der Waals surface area contributed by atoms with Crippen LogP contribution in [0.5, 0.6) is 0 Å². The highest BCUT2D eigenvalue weighted by atomic mass is 32.2. The first-order valence-electron chi connectivity index (χ1n) is 7.00. The van der Waals surface area contributed by atoms with E-state index in [1.807, 2.05) is 48.1 Å². The molecule has 0 spiro atoms. The summed E-state index contributed by atoms with van der Waals surface area (Å²) in [5, 5.41) is 3.58. The van der Waals surface area contributed by atoms with Crippen molar-refractivity contribution < 1.29 is 9.59 Å². The predicted octanol–water partition coefficient (Wildman–Crippen LogP) is 1.83. The van der Waals surface area contributed by atoms with E-state index in [9.17, 15) is 9.59 Å². The molecule has 116 valence electrons. The van der Waals surface area contributed by atoms with E-state index in [2.05, 4.69) is 10.3 Å². The van der Waals surface area contributed by atoms with Crippen molar-refractivity contribution in [1.82, 2.24) is 14.9 Å². The number of imidazole rings is 1. The number of Topliss-reactive ketones (excluding diaryl/α,β-unsaturated/α-hetero) is 1. The van der Waals surface area contributed by atoms with Crippen LogP contribution in [0.3, 0.4) is 0 Å². The van der Waals surface area contributed by atoms with Crippen LogP contribution in [0.4, 0.5) is 0 Å². The molecule has 0 aliphatic heterocycles. The molecule has 0 radical (unpaired) electrons. The number of rotatable bonds is 7. The first-order chi connectivity index (χ1) is 10.6. The third kappa shape index (κ3) is 4.73. The number of hydrogen-bond acceptors (Lipinski definition) is 4. The van der Waals surface area contributed by atoms with Gasteiger partial charge in [0.2, 0.25) is 5.91 Å². The maximum atomic E-state index is 12.0. The zero-order valence-corrected chi connectivity index (χ0v) is 13.5. The lowest BCUT2D eigenvalue weighted by Crippen LogP contribution is -2.42. The highest BCUT2D eigenvalue weighted by Crippen LogP contribution is 2.14. The summed E-state index contributed by atoms with van der Waals surface area (Å²) in [5.41, 5.74) is 1.03. The van der Waals surface area contributed by atoms with Gasteiger partial charge in [-0.3, -0.25) is 9.59 Å². The number of carbonyl (C=O) groups excluding carboxylic acids is 2. The Morgan fingerprint density at radius 1 is 1.32 bits per heavy atom. The molecule has 0 fully saturated rings. The molecule has 0 aliphatic rings. The lowest BCUT2D eigenvalue weighted by molar-refractivity contribution is -0.125. The maximum Gasteiger partial charge on any atom is 0.231 e. The first kappa shape index (κ1) is 16.3. The van der Waals surface area contributed by atoms with Crippen molar-refractivity contribution in [2.75, 3.05) is 5.75 Å². The molecule has 1 N–H and O–H groups in total. The lowest BCUT2D eigenvalue weighted by atomic mass is 10.0. The van der Waals surface area contributed by atoms with Crippen molar-refractivity contribution in [3.63, 3.8) is 0 Å². The van der Waals surface area contributed by atoms with Gasteiger partial charge in [0, 0.05) is 19.4 Å². The fourth-order valence-electron chi connectivity index (χ4n) is 2.00. The summed E-state index contributed by atoms with van der Waals surface area (Å²) in [6.45, 7) is 1.50. The summed E-state index contributed by atoms with van der Waals surface area (Å²) in [7, 11) is 1.88. The molecule has 0 saturated carbocycles. The van der Waals surface area contributed by atoms with Gasteiger partial charge in [0.05, 0.1) is 11.8 Å². The smallest absolute Gasteiger partial charge is 0.231 e. The second-order valence-corrected chi connectivity index (χ2v) is 5.97. The number of amides is 1. The van der Waals surface area contributed by atoms with Gasteiger partial charge in [-0.2, -0.15) is 0 Å². The van der Waals surface area contributed by atoms with Crippen molar-refractivity contribution in [2.24, 2.45) is 7.05 Å². The van der Waals surface area contributed by atoms with Crippen molar-refractivity contribution in [1.29, 1.82) is 0 Å². The van der Waals surface area contributed by atoms with E-state index >= 15 is 0 Å². The number of aryl methyl sites for hydroxylation is 1. The third-order valence-electron chi connectivity index (χ3n) is 3.22. The summed E-state index contributed by atoms with van der Waals surface area (Å²) in [4.78, 5) is 27.9. The van der Waals surface area contributed by atoms with E-state index in [1.54, 1.807) is 6.20 Å². The molecule has 1 heterocycles. The molecule has 6 heteroatoms. The number of carbonyl (C=O) groups is 2. The van der Waals surface area contributed by atoms with Gasteiger partial charge in [-0.05, 0) is 18.9 Å². The minimum Gasteiger partial charge on any atom is -0.345 e. The molecule has 2 aromatic rings. The van der Waals surface area contributed by atoms with E-state index in [0.29, 0.717) is 6.42 Å². The number of aromatic nitrogens is 2. The number of ketones is 1. The Morgan fingerprint density at radius 3 is 2.64 bits per heavy atom. The molecule has 22 heavy (non-hydrogen) atoms. The molecule has 1 amide bonds. The zero-order chi connectivity index (χ0) is 15.9. The van der Waals surface area contributed by atoms with E-state index in [4.69, 9.17) is 0 Å². The van der Waals surface area contributed by atoms with Crippen LogP contribution >= 0.6 is 11.8 Å². The molecule has 2 rings (SSSR count). The molecule has 1 aromatic carbocycles. The molecular weight excluding hydrogens is 298 g/mol. The number of nitrogens with one attached hydrogen (secondary N) is 1. The summed E-state index contributed by atoms with van der Waals surface area (Å²) >= 11 is 1.35. The second kappa shape index (κ2) is 7.79. The van der Waals surface area contributed by atoms with E-state index in [1.165, 1.54) is 18.7 Å². The van der Waals surface area contributed by atoms with Gasteiger partial charge in [-0.1, -0.05) is 42.1 Å². The van der Waals surface area contributed by atoms with Crippen molar-refractivity contribution in [3.05, 3.63) is 48.3 Å². The Balaban J connectivity index is 1.89. The van der Waals surface area contributed by atoms with Crippen molar-refractivity contribution in [2.45, 2.75) is 24.5 Å². The van der Waals surface area contributed by atoms with Gasteiger partial charge in [-0.25, -0.2) is 4.98 Å². The van der Waals surface area contributed by atoms with Gasteiger partial charge in [0.25, 0.3) is 0 Å². The fraction of sp³-hybridized carbons (Fsp3) is 0.312. The Hall–Kier alpha value is -2.08. The Bertz CT molecular complexity index is 640. The van der Waals surface area contributed by atoms with E-state index in [-0.39, 0.29) is 17.4 Å². The Kier molecular flexibility index (Phi) is 5.77. The lowest BCUT2D eigenvalue weighted by Gasteiger charge is -2.16. The van der Waals surface area contributed by atoms with E-state index < -0.39 is 6.04 Å². The first-order valence-corrected chi connectivity index (χ1v) is 7.98. The van der Waals surface area contributed by atoms with Gasteiger partial charge in [-0.15, -0.1) is 0 Å². The van der Waals surface area contributed by atoms with Crippen LogP contribution in [0.2, 0.25) is 0 Å². The molecule has 1 unspecified atom stereocenters. The zero-order valence-electron chi connectivity index (χ0n) is 12.7. The van der Waals surface area contributed by atoms with Crippen LogP contribution in [0, 0.1) is 0 Å². The van der Waals surface area contributed by atoms with E-state index in [0.717, 1.165) is 10.7 Å². The monoisotopic (exact) mass is 317 g/mol. The topological polar surface area (TPSA) is 64.0 Å². The molecule has 0 aliphatic carbocycles. The average Bonchev–Trinajstić information content (AvgIpc) is 2.91. The third-order valence-corrected chi connectivity index (χ3v) is 4.28. The maximum absolute atomic E-state index is 12.0. The molecular formula is C16H19N3O2S. The minimum atomic E-state index is -0.489. The van der Waals surface area contributed by atoms with Crippen LogP contribution in [-0.4, -0.2) is 33.0 Å². The highest BCUT2D eigenvalue weighted by molar-refractivity contribution is 7.99. The van der Waals surface area contributed by atoms with Gasteiger partial charge in [0.1, 0.15) is 0 Å². The molecule has 5 nitrogen and oxygen atoms in total. The second-order valence-electron chi connectivity index (χ2n) is 5.03. The van der Waals surface area contributed by atoms with Crippen LogP contribution in [0.15, 0.2) is 47.9 Å². The van der Waals surface area contributed by atoms with Gasteiger partial charge >= 0.3 is 0 Å². The van der Waals surface area contributed by atoms with Crippen LogP contribution < -0.4 is 5.32 Å². The summed E-state index contributed by atoms with van der Waals surface area (Å²) in [6, 6.07) is 9.18. The summed E-state index contributed by atoms with van der Waals surface area (Å²) in [6.07, 6.45) is 4.02. The highest BCUT2D eigenvalue weighted by Gasteiger charge is 2.18. The van der Waals surface area contributed by atoms with Crippen molar-refractivity contribution >= 4 is 23.5 Å². The Morgan fingerprint density at radius 2 is 2.05 bits per heavy atom. The fourth-order valence-corrected chi connectivity index (χ4v) is 2.75. The molecule has 0 bridgehead atoms. The van der Waals surface area contributed by atoms with Gasteiger partial charge < -0.3 is 9.88 Å². The van der Waals surface area contributed by atoms with Crippen LogP contribution in [0.25, 0.3) is 0 Å². The SMILES string of the molecule is CC(=O)C(Cc1ccccc1)NC(=O)CSc1nccn1C. The summed E-state index contributed by atoms with van der Waals surface area (Å²) < 4.78 is 1.85. The number of thioether (sulfide) groups is 1. The quantitative estimate of drug-likeness (QED) is 0.791. The van der Waals surface area contributed by atoms with Crippen LogP contribution in [-0.2, 0) is 23.1 Å². The number of hydrogen-bond donors (Lipinski definition) is 1. The normalized spacial score (nSPS) is 11.9. The number of benzene rings is 1. The van der Waals surface area contributed by atoms with Crippen LogP contribution in [0.1, 0.15) is 12.5 Å². The van der Waals surface area contributed by atoms with Gasteiger partial charge in [0.15, 0.2) is 10.9 Å². The minimum absolute atomic E-state index is 0.0424. The average molecular weight is 317 g/mol. The molecule has 1 atom stereocenters. The molecule has 1 aromatic heterocycles. The van der Waals surface area contributed by atoms with Crippen molar-refractivity contribution in [3.8, 4) is 0 Å². The number of nitrogens with zero attached hydrogens (tertiary/aromatic N) is 2. The predicted molar refractivity (Wildman–Crippen MR) is 86.7 cm³/mol. The Labute approximate surface area is 134 Å². The summed E-state index contributed by atoms with van der Waals surface area (Å²) in [5.74, 6) is 0.0343. The largest absolute Gasteiger partial charge is 0.345 e. The standard InChI is InChI=1S/C16H19N3O2S/c1-12(20)14(10-13-6-4-3-5-7-13)18-15(21)11-22-16-17-8-9-19(16)2/h3-9,14H,10-11H2,1-2H3,(H,18,21). The molecule has 0 saturated heterocycles.